The Balaban J connectivity index is 0.00000200. The van der Waals surface area contributed by atoms with Gasteiger partial charge in [-0.2, -0.15) is 0 Å². The van der Waals surface area contributed by atoms with Crippen molar-refractivity contribution in [3.05, 3.63) is 30.1 Å². The summed E-state index contributed by atoms with van der Waals surface area (Å²) < 4.78 is 0. The SMILES string of the molecule is C[C@H](NC(=O)CC1CCCCC1N)c1cccnc1.Cl.Cl. The molecule has 1 aromatic heterocycles. The van der Waals surface area contributed by atoms with E-state index in [9.17, 15) is 4.79 Å². The maximum atomic E-state index is 12.1. The van der Waals surface area contributed by atoms with Gasteiger partial charge in [-0.25, -0.2) is 0 Å². The van der Waals surface area contributed by atoms with Gasteiger partial charge < -0.3 is 11.1 Å². The maximum Gasteiger partial charge on any atom is 0.220 e. The van der Waals surface area contributed by atoms with Gasteiger partial charge in [0.25, 0.3) is 0 Å². The van der Waals surface area contributed by atoms with Crippen LogP contribution in [0.5, 0.6) is 0 Å². The second kappa shape index (κ2) is 9.98. The van der Waals surface area contributed by atoms with Crippen LogP contribution in [0.4, 0.5) is 0 Å². The van der Waals surface area contributed by atoms with E-state index in [2.05, 4.69) is 10.3 Å². The Kier molecular flexibility index (Phi) is 9.58. The van der Waals surface area contributed by atoms with Gasteiger partial charge in [-0.15, -0.1) is 24.8 Å². The van der Waals surface area contributed by atoms with Crippen LogP contribution in [-0.4, -0.2) is 16.9 Å². The molecule has 0 spiro atoms. The number of pyridine rings is 1. The van der Waals surface area contributed by atoms with Crippen molar-refractivity contribution >= 4 is 30.7 Å². The first-order valence-electron chi connectivity index (χ1n) is 7.11. The smallest absolute Gasteiger partial charge is 0.220 e. The van der Waals surface area contributed by atoms with Crippen LogP contribution in [0.25, 0.3) is 0 Å². The molecule has 1 aliphatic rings. The Hall–Kier alpha value is -0.840. The van der Waals surface area contributed by atoms with Gasteiger partial charge in [0.05, 0.1) is 6.04 Å². The van der Waals surface area contributed by atoms with E-state index >= 15 is 0 Å². The topological polar surface area (TPSA) is 68.0 Å². The minimum atomic E-state index is 0. The molecule has 1 aromatic rings. The zero-order chi connectivity index (χ0) is 13.7. The van der Waals surface area contributed by atoms with Gasteiger partial charge in [-0.3, -0.25) is 9.78 Å². The molecule has 1 saturated carbocycles. The Morgan fingerprint density at radius 1 is 1.43 bits per heavy atom. The first-order chi connectivity index (χ1) is 9.16. The van der Waals surface area contributed by atoms with Crippen molar-refractivity contribution in [2.75, 3.05) is 0 Å². The van der Waals surface area contributed by atoms with Gasteiger partial charge in [0, 0.05) is 24.9 Å². The summed E-state index contributed by atoms with van der Waals surface area (Å²) >= 11 is 0. The summed E-state index contributed by atoms with van der Waals surface area (Å²) in [5, 5.41) is 3.03. The Labute approximate surface area is 139 Å². The number of carbonyl (C=O) groups excluding carboxylic acids is 1. The number of hydrogen-bond donors (Lipinski definition) is 2. The molecule has 2 unspecified atom stereocenters. The lowest BCUT2D eigenvalue weighted by Crippen LogP contribution is -2.37. The normalized spacial score (nSPS) is 22.4. The lowest BCUT2D eigenvalue weighted by atomic mass is 9.83. The van der Waals surface area contributed by atoms with E-state index in [4.69, 9.17) is 5.73 Å². The fourth-order valence-corrected chi connectivity index (χ4v) is 2.74. The van der Waals surface area contributed by atoms with E-state index in [0.29, 0.717) is 12.3 Å². The van der Waals surface area contributed by atoms with Crippen LogP contribution in [0.3, 0.4) is 0 Å². The Morgan fingerprint density at radius 2 is 2.14 bits per heavy atom. The Bertz CT molecular complexity index is 417. The number of nitrogens with zero attached hydrogens (tertiary/aromatic N) is 1. The third kappa shape index (κ3) is 6.20. The monoisotopic (exact) mass is 333 g/mol. The minimum Gasteiger partial charge on any atom is -0.350 e. The predicted octanol–water partition coefficient (Wildman–Crippen LogP) is 3.01. The second-order valence-electron chi connectivity index (χ2n) is 5.49. The van der Waals surface area contributed by atoms with Crippen LogP contribution < -0.4 is 11.1 Å². The van der Waals surface area contributed by atoms with Crippen LogP contribution in [0.1, 0.15) is 50.6 Å². The van der Waals surface area contributed by atoms with Gasteiger partial charge in [0.2, 0.25) is 5.91 Å². The molecule has 0 aliphatic heterocycles. The minimum absolute atomic E-state index is 0. The van der Waals surface area contributed by atoms with Crippen molar-refractivity contribution in [3.8, 4) is 0 Å². The van der Waals surface area contributed by atoms with Crippen molar-refractivity contribution < 1.29 is 4.79 Å². The highest BCUT2D eigenvalue weighted by Gasteiger charge is 2.24. The van der Waals surface area contributed by atoms with Crippen molar-refractivity contribution in [2.45, 2.75) is 51.1 Å². The summed E-state index contributed by atoms with van der Waals surface area (Å²) in [6.07, 6.45) is 8.60. The number of nitrogens with one attached hydrogen (secondary N) is 1. The molecule has 3 N–H and O–H groups in total. The number of nitrogens with two attached hydrogens (primary N) is 1. The van der Waals surface area contributed by atoms with E-state index in [1.807, 2.05) is 19.1 Å². The Morgan fingerprint density at radius 3 is 2.76 bits per heavy atom. The van der Waals surface area contributed by atoms with Gasteiger partial charge in [-0.05, 0) is 37.3 Å². The molecule has 0 radical (unpaired) electrons. The molecule has 0 saturated heterocycles. The van der Waals surface area contributed by atoms with Crippen molar-refractivity contribution in [1.82, 2.24) is 10.3 Å². The highest BCUT2D eigenvalue weighted by Crippen LogP contribution is 2.25. The summed E-state index contributed by atoms with van der Waals surface area (Å²) in [6, 6.07) is 4.05. The van der Waals surface area contributed by atoms with Crippen LogP contribution in [0, 0.1) is 5.92 Å². The number of carbonyl (C=O) groups is 1. The van der Waals surface area contributed by atoms with Crippen LogP contribution in [0.15, 0.2) is 24.5 Å². The fraction of sp³-hybridized carbons (Fsp3) is 0.600. The first kappa shape index (κ1) is 20.2. The zero-order valence-corrected chi connectivity index (χ0v) is 14.0. The number of aromatic nitrogens is 1. The average molecular weight is 334 g/mol. The fourth-order valence-electron chi connectivity index (χ4n) is 2.74. The second-order valence-corrected chi connectivity index (χ2v) is 5.49. The van der Waals surface area contributed by atoms with Crippen molar-refractivity contribution in [3.63, 3.8) is 0 Å². The zero-order valence-electron chi connectivity index (χ0n) is 12.3. The average Bonchev–Trinajstić information content (AvgIpc) is 2.42. The van der Waals surface area contributed by atoms with E-state index < -0.39 is 0 Å². The summed E-state index contributed by atoms with van der Waals surface area (Å²) in [4.78, 5) is 16.1. The van der Waals surface area contributed by atoms with Crippen molar-refractivity contribution in [1.29, 1.82) is 0 Å². The number of hydrogen-bond acceptors (Lipinski definition) is 3. The summed E-state index contributed by atoms with van der Waals surface area (Å²) in [5.41, 5.74) is 7.11. The molecular formula is C15H25Cl2N3O. The quantitative estimate of drug-likeness (QED) is 0.889. The first-order valence-corrected chi connectivity index (χ1v) is 7.11. The molecule has 0 aromatic carbocycles. The molecule has 6 heteroatoms. The van der Waals surface area contributed by atoms with Gasteiger partial charge in [0.1, 0.15) is 0 Å². The standard InChI is InChI=1S/C15H23N3O.2ClH/c1-11(13-6-4-8-17-10-13)18-15(19)9-12-5-2-3-7-14(12)16;;/h4,6,8,10-12,14H,2-3,5,7,9,16H2,1H3,(H,18,19);2*1H/t11-,12?,14?;;/m0../s1. The van der Waals surface area contributed by atoms with Gasteiger partial charge >= 0.3 is 0 Å². The molecular weight excluding hydrogens is 309 g/mol. The van der Waals surface area contributed by atoms with Crippen LogP contribution in [-0.2, 0) is 4.79 Å². The highest BCUT2D eigenvalue weighted by molar-refractivity contribution is 5.85. The summed E-state index contributed by atoms with van der Waals surface area (Å²) in [6.45, 7) is 1.98. The molecule has 1 aliphatic carbocycles. The van der Waals surface area contributed by atoms with E-state index in [1.165, 1.54) is 12.8 Å². The molecule has 3 atom stereocenters. The number of amides is 1. The van der Waals surface area contributed by atoms with Gasteiger partial charge in [-0.1, -0.05) is 18.9 Å². The third-order valence-corrected chi connectivity index (χ3v) is 3.98. The molecule has 1 amide bonds. The van der Waals surface area contributed by atoms with Crippen LogP contribution in [0.2, 0.25) is 0 Å². The lowest BCUT2D eigenvalue weighted by Gasteiger charge is -2.28. The number of rotatable bonds is 4. The van der Waals surface area contributed by atoms with Gasteiger partial charge in [0.15, 0.2) is 0 Å². The van der Waals surface area contributed by atoms with E-state index in [0.717, 1.165) is 18.4 Å². The molecule has 21 heavy (non-hydrogen) atoms. The number of halogens is 2. The molecule has 1 fully saturated rings. The maximum absolute atomic E-state index is 12.1. The molecule has 2 rings (SSSR count). The van der Waals surface area contributed by atoms with Crippen molar-refractivity contribution in [2.24, 2.45) is 11.7 Å². The third-order valence-electron chi connectivity index (χ3n) is 3.98. The van der Waals surface area contributed by atoms with E-state index in [-0.39, 0.29) is 42.8 Å². The largest absolute Gasteiger partial charge is 0.350 e. The predicted molar refractivity (Wildman–Crippen MR) is 89.8 cm³/mol. The molecule has 1 heterocycles. The summed E-state index contributed by atoms with van der Waals surface area (Å²) in [5.74, 6) is 0.438. The molecule has 120 valence electrons. The highest BCUT2D eigenvalue weighted by atomic mass is 35.5. The van der Waals surface area contributed by atoms with E-state index in [1.54, 1.807) is 12.4 Å². The summed E-state index contributed by atoms with van der Waals surface area (Å²) in [7, 11) is 0. The molecule has 4 nitrogen and oxygen atoms in total. The molecule has 0 bridgehead atoms. The lowest BCUT2D eigenvalue weighted by molar-refractivity contribution is -0.123. The van der Waals surface area contributed by atoms with Crippen LogP contribution >= 0.6 is 24.8 Å².